The van der Waals surface area contributed by atoms with Crippen LogP contribution in [0.1, 0.15) is 62.3 Å². The van der Waals surface area contributed by atoms with E-state index in [9.17, 15) is 0 Å². The van der Waals surface area contributed by atoms with Gasteiger partial charge in [0.2, 0.25) is 5.95 Å². The lowest BCUT2D eigenvalue weighted by Gasteiger charge is -2.35. The zero-order chi connectivity index (χ0) is 19.5. The molecule has 0 unspecified atom stereocenters. The first-order chi connectivity index (χ1) is 13.6. The molecule has 2 aromatic heterocycles. The van der Waals surface area contributed by atoms with Crippen molar-refractivity contribution < 1.29 is 0 Å². The molecule has 152 valence electrons. The van der Waals surface area contributed by atoms with Gasteiger partial charge in [0.15, 0.2) is 0 Å². The molecule has 0 saturated carbocycles. The summed E-state index contributed by atoms with van der Waals surface area (Å²) in [6, 6.07) is 2.95. The Kier molecular flexibility index (Phi) is 5.80. The van der Waals surface area contributed by atoms with Gasteiger partial charge in [0.05, 0.1) is 6.04 Å². The van der Waals surface area contributed by atoms with Crippen molar-refractivity contribution in [2.24, 2.45) is 0 Å². The molecule has 0 spiro atoms. The molecule has 4 rings (SSSR count). The predicted molar refractivity (Wildman–Crippen MR) is 113 cm³/mol. The van der Waals surface area contributed by atoms with Crippen molar-refractivity contribution >= 4 is 11.8 Å². The van der Waals surface area contributed by atoms with Crippen LogP contribution in [0.25, 0.3) is 0 Å². The number of hydrogen-bond acceptors (Lipinski definition) is 6. The third kappa shape index (κ3) is 4.29. The van der Waals surface area contributed by atoms with Gasteiger partial charge in [0.1, 0.15) is 11.6 Å². The number of anilines is 2. The third-order valence-electron chi connectivity index (χ3n) is 5.93. The average Bonchev–Trinajstić information content (AvgIpc) is 3.38. The fraction of sp³-hybridized carbons (Fsp3) is 0.667. The molecule has 7 nitrogen and oxygen atoms in total. The summed E-state index contributed by atoms with van der Waals surface area (Å²) >= 11 is 0. The summed E-state index contributed by atoms with van der Waals surface area (Å²) in [6.07, 6.45) is 7.70. The summed E-state index contributed by atoms with van der Waals surface area (Å²) in [7, 11) is 0. The van der Waals surface area contributed by atoms with Crippen LogP contribution in [-0.4, -0.2) is 52.2 Å². The van der Waals surface area contributed by atoms with E-state index in [2.05, 4.69) is 56.9 Å². The molecule has 2 aliphatic heterocycles. The van der Waals surface area contributed by atoms with Gasteiger partial charge < -0.3 is 20.1 Å². The highest BCUT2D eigenvalue weighted by atomic mass is 15.3. The van der Waals surface area contributed by atoms with Crippen molar-refractivity contribution in [3.8, 4) is 0 Å². The van der Waals surface area contributed by atoms with Crippen LogP contribution >= 0.6 is 0 Å². The monoisotopic (exact) mass is 383 g/mol. The quantitative estimate of drug-likeness (QED) is 0.798. The Hall–Kier alpha value is -2.15. The largest absolute Gasteiger partial charge is 0.356 e. The molecule has 4 heterocycles. The Labute approximate surface area is 168 Å². The first-order valence-corrected chi connectivity index (χ1v) is 10.8. The maximum atomic E-state index is 4.90. The molecule has 0 bridgehead atoms. The molecule has 28 heavy (non-hydrogen) atoms. The number of aryl methyl sites for hydroxylation is 2. The SMILES string of the molecule is CC[C@H](NC1CCN(c2cc(C)nc(N3CCCC3)n2)CC1)c1ncc(C)[nH]1. The average molecular weight is 384 g/mol. The second-order valence-electron chi connectivity index (χ2n) is 8.20. The van der Waals surface area contributed by atoms with E-state index in [0.29, 0.717) is 12.1 Å². The van der Waals surface area contributed by atoms with Crippen molar-refractivity contribution in [3.63, 3.8) is 0 Å². The van der Waals surface area contributed by atoms with E-state index in [1.165, 1.54) is 12.8 Å². The highest BCUT2D eigenvalue weighted by Crippen LogP contribution is 2.24. The van der Waals surface area contributed by atoms with E-state index in [1.807, 2.05) is 6.20 Å². The second-order valence-corrected chi connectivity index (χ2v) is 8.20. The van der Waals surface area contributed by atoms with Crippen LogP contribution in [0.2, 0.25) is 0 Å². The minimum atomic E-state index is 0.299. The lowest BCUT2D eigenvalue weighted by molar-refractivity contribution is 0.356. The fourth-order valence-electron chi connectivity index (χ4n) is 4.32. The zero-order valence-electron chi connectivity index (χ0n) is 17.4. The highest BCUT2D eigenvalue weighted by molar-refractivity contribution is 5.46. The number of imidazole rings is 1. The molecule has 2 aromatic rings. The number of piperidine rings is 1. The molecule has 2 saturated heterocycles. The highest BCUT2D eigenvalue weighted by Gasteiger charge is 2.25. The van der Waals surface area contributed by atoms with Crippen LogP contribution in [0.15, 0.2) is 12.3 Å². The van der Waals surface area contributed by atoms with Gasteiger partial charge in [0.25, 0.3) is 0 Å². The summed E-state index contributed by atoms with van der Waals surface area (Å²) in [5.41, 5.74) is 2.18. The Morgan fingerprint density at radius 2 is 1.86 bits per heavy atom. The maximum absolute atomic E-state index is 4.90. The van der Waals surface area contributed by atoms with Crippen LogP contribution in [0, 0.1) is 13.8 Å². The maximum Gasteiger partial charge on any atom is 0.227 e. The van der Waals surface area contributed by atoms with Gasteiger partial charge in [-0.15, -0.1) is 0 Å². The zero-order valence-corrected chi connectivity index (χ0v) is 17.4. The van der Waals surface area contributed by atoms with Gasteiger partial charge in [-0.2, -0.15) is 4.98 Å². The lowest BCUT2D eigenvalue weighted by atomic mass is 10.0. The molecule has 0 radical (unpaired) electrons. The Balaban J connectivity index is 1.37. The summed E-state index contributed by atoms with van der Waals surface area (Å²) in [6.45, 7) is 10.6. The summed E-state index contributed by atoms with van der Waals surface area (Å²) in [4.78, 5) is 22.2. The fourth-order valence-corrected chi connectivity index (χ4v) is 4.32. The number of rotatable bonds is 6. The van der Waals surface area contributed by atoms with Crippen LogP contribution in [0.3, 0.4) is 0 Å². The minimum absolute atomic E-state index is 0.299. The van der Waals surface area contributed by atoms with E-state index in [4.69, 9.17) is 4.98 Å². The molecule has 2 N–H and O–H groups in total. The van der Waals surface area contributed by atoms with E-state index in [0.717, 1.165) is 74.4 Å². The van der Waals surface area contributed by atoms with Gasteiger partial charge in [-0.3, -0.25) is 0 Å². The molecule has 0 amide bonds. The first kappa shape index (κ1) is 19.2. The van der Waals surface area contributed by atoms with Gasteiger partial charge >= 0.3 is 0 Å². The predicted octanol–water partition coefficient (Wildman–Crippen LogP) is 3.13. The first-order valence-electron chi connectivity index (χ1n) is 10.8. The molecule has 2 fully saturated rings. The molecule has 7 heteroatoms. The molecule has 2 aliphatic rings. The minimum Gasteiger partial charge on any atom is -0.356 e. The Morgan fingerprint density at radius 3 is 2.50 bits per heavy atom. The number of H-pyrrole nitrogens is 1. The standard InChI is InChI=1S/C21H33N7/c1-4-18(20-22-14-16(3)23-20)25-17-7-11-27(12-8-17)19-13-15(2)24-21(26-19)28-9-5-6-10-28/h13-14,17-18,25H,4-12H2,1-3H3,(H,22,23)/t18-/m0/s1. The number of aromatic nitrogens is 4. The molecule has 0 aliphatic carbocycles. The van der Waals surface area contributed by atoms with Crippen LogP contribution in [0.4, 0.5) is 11.8 Å². The number of nitrogens with zero attached hydrogens (tertiary/aromatic N) is 5. The van der Waals surface area contributed by atoms with E-state index in [-0.39, 0.29) is 0 Å². The number of hydrogen-bond donors (Lipinski definition) is 2. The number of nitrogens with one attached hydrogen (secondary N) is 2. The summed E-state index contributed by atoms with van der Waals surface area (Å²) < 4.78 is 0. The normalized spacial score (nSPS) is 19.4. The van der Waals surface area contributed by atoms with Crippen molar-refractivity contribution in [1.29, 1.82) is 0 Å². The third-order valence-corrected chi connectivity index (χ3v) is 5.93. The smallest absolute Gasteiger partial charge is 0.227 e. The van der Waals surface area contributed by atoms with Gasteiger partial charge in [-0.05, 0) is 46.0 Å². The van der Waals surface area contributed by atoms with Crippen LogP contribution < -0.4 is 15.1 Å². The van der Waals surface area contributed by atoms with E-state index < -0.39 is 0 Å². The number of aromatic amines is 1. The van der Waals surface area contributed by atoms with E-state index >= 15 is 0 Å². The Morgan fingerprint density at radius 1 is 1.11 bits per heavy atom. The summed E-state index contributed by atoms with van der Waals surface area (Å²) in [5.74, 6) is 3.05. The van der Waals surface area contributed by atoms with Crippen molar-refractivity contribution in [2.75, 3.05) is 36.0 Å². The van der Waals surface area contributed by atoms with Crippen molar-refractivity contribution in [1.82, 2.24) is 25.3 Å². The summed E-state index contributed by atoms with van der Waals surface area (Å²) in [5, 5.41) is 3.81. The van der Waals surface area contributed by atoms with Gasteiger partial charge in [-0.25, -0.2) is 9.97 Å². The molecule has 1 atom stereocenters. The lowest BCUT2D eigenvalue weighted by Crippen LogP contribution is -2.44. The van der Waals surface area contributed by atoms with E-state index in [1.54, 1.807) is 0 Å². The molecular weight excluding hydrogens is 350 g/mol. The second kappa shape index (κ2) is 8.47. The van der Waals surface area contributed by atoms with Crippen LogP contribution in [0.5, 0.6) is 0 Å². The topological polar surface area (TPSA) is 73.0 Å². The van der Waals surface area contributed by atoms with Crippen molar-refractivity contribution in [2.45, 2.75) is 65.0 Å². The van der Waals surface area contributed by atoms with Crippen LogP contribution in [-0.2, 0) is 0 Å². The molecule has 0 aromatic carbocycles. The van der Waals surface area contributed by atoms with Crippen molar-refractivity contribution in [3.05, 3.63) is 29.5 Å². The van der Waals surface area contributed by atoms with Gasteiger partial charge in [-0.1, -0.05) is 6.92 Å². The van der Waals surface area contributed by atoms with Gasteiger partial charge in [0, 0.05) is 55.9 Å². The molecular formula is C21H33N7. The Bertz CT molecular complexity index is 773.